The Kier molecular flexibility index (Phi) is 4.82. The summed E-state index contributed by atoms with van der Waals surface area (Å²) in [6.07, 6.45) is 3.49. The van der Waals surface area contributed by atoms with Crippen molar-refractivity contribution in [2.45, 2.75) is 25.8 Å². The highest BCUT2D eigenvalue weighted by molar-refractivity contribution is 6.29. The second-order valence-electron chi connectivity index (χ2n) is 5.10. The quantitative estimate of drug-likeness (QED) is 0.795. The monoisotopic (exact) mass is 285 g/mol. The number of hydrogen-bond donors (Lipinski definition) is 0. The van der Waals surface area contributed by atoms with Crippen molar-refractivity contribution in [3.05, 3.63) is 16.9 Å². The Bertz CT molecular complexity index is 439. The molecular formula is C13H20ClN3O2. The van der Waals surface area contributed by atoms with Crippen LogP contribution in [-0.2, 0) is 11.3 Å². The molecule has 0 aromatic carbocycles. The molecule has 0 radical (unpaired) electrons. The standard InChI is InChI=1S/C13H20ClN3O2/c1-16-6-3-10(4-7-16)5-8-17-12(14)9-11(15-17)13(18)19-2/h9-10H,3-8H2,1-2H3. The largest absolute Gasteiger partial charge is 0.464 e. The molecule has 1 aliphatic heterocycles. The molecule has 106 valence electrons. The summed E-state index contributed by atoms with van der Waals surface area (Å²) in [6.45, 7) is 3.07. The first-order valence-corrected chi connectivity index (χ1v) is 6.98. The molecule has 1 fully saturated rings. The van der Waals surface area contributed by atoms with Gasteiger partial charge in [-0.3, -0.25) is 4.68 Å². The molecule has 0 N–H and O–H groups in total. The molecule has 1 aliphatic rings. The van der Waals surface area contributed by atoms with Crippen LogP contribution < -0.4 is 0 Å². The van der Waals surface area contributed by atoms with Crippen molar-refractivity contribution in [1.29, 1.82) is 0 Å². The van der Waals surface area contributed by atoms with Crippen LogP contribution in [0.1, 0.15) is 29.8 Å². The maximum absolute atomic E-state index is 11.4. The van der Waals surface area contributed by atoms with Gasteiger partial charge in [0.05, 0.1) is 7.11 Å². The van der Waals surface area contributed by atoms with Crippen molar-refractivity contribution in [2.24, 2.45) is 5.92 Å². The first-order valence-electron chi connectivity index (χ1n) is 6.60. The van der Waals surface area contributed by atoms with Gasteiger partial charge in [-0.2, -0.15) is 5.10 Å². The van der Waals surface area contributed by atoms with Gasteiger partial charge >= 0.3 is 5.97 Å². The molecule has 19 heavy (non-hydrogen) atoms. The smallest absolute Gasteiger partial charge is 0.358 e. The van der Waals surface area contributed by atoms with E-state index in [0.29, 0.717) is 5.15 Å². The molecule has 0 atom stereocenters. The first-order chi connectivity index (χ1) is 9.10. The van der Waals surface area contributed by atoms with Gasteiger partial charge in [-0.15, -0.1) is 0 Å². The number of methoxy groups -OCH3 is 1. The summed E-state index contributed by atoms with van der Waals surface area (Å²) in [7, 11) is 3.50. The van der Waals surface area contributed by atoms with Crippen LogP contribution in [0.4, 0.5) is 0 Å². The van der Waals surface area contributed by atoms with Gasteiger partial charge in [-0.05, 0) is 45.3 Å². The molecule has 0 saturated carbocycles. The van der Waals surface area contributed by atoms with Crippen LogP contribution in [0, 0.1) is 5.92 Å². The van der Waals surface area contributed by atoms with E-state index in [1.54, 1.807) is 10.7 Å². The number of aryl methyl sites for hydroxylation is 1. The van der Waals surface area contributed by atoms with Gasteiger partial charge in [0.2, 0.25) is 0 Å². The maximum atomic E-state index is 11.4. The fraction of sp³-hybridized carbons (Fsp3) is 0.692. The summed E-state index contributed by atoms with van der Waals surface area (Å²) in [5, 5.41) is 4.67. The zero-order chi connectivity index (χ0) is 13.8. The number of carbonyl (C=O) groups excluding carboxylic acids is 1. The molecule has 0 unspecified atom stereocenters. The highest BCUT2D eigenvalue weighted by Gasteiger charge is 2.18. The van der Waals surface area contributed by atoms with Gasteiger partial charge in [0.15, 0.2) is 5.69 Å². The fourth-order valence-electron chi connectivity index (χ4n) is 2.41. The zero-order valence-electron chi connectivity index (χ0n) is 11.4. The van der Waals surface area contributed by atoms with E-state index < -0.39 is 5.97 Å². The van der Waals surface area contributed by atoms with Crippen molar-refractivity contribution in [2.75, 3.05) is 27.2 Å². The minimum Gasteiger partial charge on any atom is -0.464 e. The predicted octanol–water partition coefficient (Wildman–Crippen LogP) is 2.06. The SMILES string of the molecule is COC(=O)c1cc(Cl)n(CCC2CCN(C)CC2)n1. The van der Waals surface area contributed by atoms with Gasteiger partial charge in [0, 0.05) is 12.6 Å². The summed E-state index contributed by atoms with van der Waals surface area (Å²) in [4.78, 5) is 13.7. The molecule has 2 rings (SSSR count). The fourth-order valence-corrected chi connectivity index (χ4v) is 2.64. The Labute approximate surface area is 118 Å². The van der Waals surface area contributed by atoms with E-state index in [4.69, 9.17) is 11.6 Å². The van der Waals surface area contributed by atoms with E-state index in [1.165, 1.54) is 20.0 Å². The predicted molar refractivity (Wildman–Crippen MR) is 73.4 cm³/mol. The van der Waals surface area contributed by atoms with Crippen LogP contribution in [0.2, 0.25) is 5.15 Å². The first kappa shape index (κ1) is 14.3. The van der Waals surface area contributed by atoms with E-state index in [9.17, 15) is 4.79 Å². The maximum Gasteiger partial charge on any atom is 0.358 e. The van der Waals surface area contributed by atoms with Crippen molar-refractivity contribution in [3.8, 4) is 0 Å². The highest BCUT2D eigenvalue weighted by Crippen LogP contribution is 2.21. The Hall–Kier alpha value is -1.07. The average molecular weight is 286 g/mol. The second-order valence-corrected chi connectivity index (χ2v) is 5.49. The zero-order valence-corrected chi connectivity index (χ0v) is 12.2. The van der Waals surface area contributed by atoms with Crippen molar-refractivity contribution >= 4 is 17.6 Å². The van der Waals surface area contributed by atoms with Gasteiger partial charge in [0.25, 0.3) is 0 Å². The number of hydrogen-bond acceptors (Lipinski definition) is 4. The number of nitrogens with zero attached hydrogens (tertiary/aromatic N) is 3. The Morgan fingerprint density at radius 1 is 1.53 bits per heavy atom. The number of aromatic nitrogens is 2. The summed E-state index contributed by atoms with van der Waals surface area (Å²) in [6, 6.07) is 1.56. The molecule has 2 heterocycles. The number of halogens is 1. The topological polar surface area (TPSA) is 47.4 Å². The number of likely N-dealkylation sites (tertiary alicyclic amines) is 1. The van der Waals surface area contributed by atoms with E-state index in [2.05, 4.69) is 21.8 Å². The third-order valence-electron chi connectivity index (χ3n) is 3.71. The molecule has 0 amide bonds. The molecule has 1 aromatic rings. The molecule has 5 nitrogen and oxygen atoms in total. The summed E-state index contributed by atoms with van der Waals surface area (Å²) in [5.41, 5.74) is 0.274. The summed E-state index contributed by atoms with van der Waals surface area (Å²) in [5.74, 6) is 0.276. The third kappa shape index (κ3) is 3.70. The highest BCUT2D eigenvalue weighted by atomic mass is 35.5. The average Bonchev–Trinajstić information content (AvgIpc) is 2.79. The van der Waals surface area contributed by atoms with Gasteiger partial charge < -0.3 is 9.64 Å². The number of rotatable bonds is 4. The molecule has 0 spiro atoms. The van der Waals surface area contributed by atoms with Crippen molar-refractivity contribution in [1.82, 2.24) is 14.7 Å². The van der Waals surface area contributed by atoms with Crippen LogP contribution in [0.5, 0.6) is 0 Å². The number of esters is 1. The Morgan fingerprint density at radius 3 is 2.84 bits per heavy atom. The minimum absolute atomic E-state index is 0.274. The van der Waals surface area contributed by atoms with Crippen molar-refractivity contribution in [3.63, 3.8) is 0 Å². The van der Waals surface area contributed by atoms with E-state index >= 15 is 0 Å². The lowest BCUT2D eigenvalue weighted by Crippen LogP contribution is -2.30. The molecular weight excluding hydrogens is 266 g/mol. The van der Waals surface area contributed by atoms with E-state index in [1.807, 2.05) is 0 Å². The molecule has 6 heteroatoms. The number of piperidine rings is 1. The van der Waals surface area contributed by atoms with Crippen LogP contribution in [0.3, 0.4) is 0 Å². The van der Waals surface area contributed by atoms with Gasteiger partial charge in [0.1, 0.15) is 5.15 Å². The molecule has 0 aliphatic carbocycles. The lowest BCUT2D eigenvalue weighted by Gasteiger charge is -2.28. The van der Waals surface area contributed by atoms with Crippen LogP contribution in [-0.4, -0.2) is 47.9 Å². The number of ether oxygens (including phenoxy) is 1. The summed E-state index contributed by atoms with van der Waals surface area (Å²) >= 11 is 6.07. The van der Waals surface area contributed by atoms with E-state index in [-0.39, 0.29) is 5.69 Å². The van der Waals surface area contributed by atoms with Gasteiger partial charge in [-0.1, -0.05) is 11.6 Å². The number of carbonyl (C=O) groups is 1. The van der Waals surface area contributed by atoms with Crippen molar-refractivity contribution < 1.29 is 9.53 Å². The molecule has 1 saturated heterocycles. The Morgan fingerprint density at radius 2 is 2.21 bits per heavy atom. The third-order valence-corrected chi connectivity index (χ3v) is 4.02. The van der Waals surface area contributed by atoms with Crippen LogP contribution in [0.15, 0.2) is 6.07 Å². The van der Waals surface area contributed by atoms with Crippen LogP contribution >= 0.6 is 11.6 Å². The molecule has 1 aromatic heterocycles. The van der Waals surface area contributed by atoms with Gasteiger partial charge in [-0.25, -0.2) is 4.79 Å². The summed E-state index contributed by atoms with van der Waals surface area (Å²) < 4.78 is 6.32. The second kappa shape index (κ2) is 6.39. The normalized spacial score (nSPS) is 17.6. The Balaban J connectivity index is 1.89. The minimum atomic E-state index is -0.444. The van der Waals surface area contributed by atoms with E-state index in [0.717, 1.165) is 32.0 Å². The lowest BCUT2D eigenvalue weighted by atomic mass is 9.94. The van der Waals surface area contributed by atoms with Crippen LogP contribution in [0.25, 0.3) is 0 Å². The molecule has 0 bridgehead atoms. The lowest BCUT2D eigenvalue weighted by molar-refractivity contribution is 0.0593.